The molecule has 24 heavy (non-hydrogen) atoms. The number of hydrogen-bond donors (Lipinski definition) is 1. The number of carbonyl (C=O) groups is 1. The Kier molecular flexibility index (Phi) is 4.58. The van der Waals surface area contributed by atoms with E-state index in [0.717, 1.165) is 11.1 Å². The molecule has 1 heterocycles. The van der Waals surface area contributed by atoms with Gasteiger partial charge in [0.1, 0.15) is 11.5 Å². The van der Waals surface area contributed by atoms with Crippen LogP contribution in [0.25, 0.3) is 11.3 Å². The molecule has 0 atom stereocenters. The number of nitrogens with one attached hydrogen (secondary N) is 1. The first-order valence-corrected chi connectivity index (χ1v) is 7.76. The van der Waals surface area contributed by atoms with Gasteiger partial charge in [-0.1, -0.05) is 11.6 Å². The first-order valence-electron chi connectivity index (χ1n) is 7.38. The molecule has 5 heteroatoms. The van der Waals surface area contributed by atoms with Crippen molar-refractivity contribution in [2.75, 3.05) is 12.4 Å². The van der Waals surface area contributed by atoms with Gasteiger partial charge in [0, 0.05) is 22.3 Å². The first kappa shape index (κ1) is 16.1. The molecule has 0 bridgehead atoms. The molecular weight excluding hydrogens is 326 g/mol. The highest BCUT2D eigenvalue weighted by atomic mass is 35.5. The predicted octanol–water partition coefficient (Wildman–Crippen LogP) is 5.17. The molecule has 1 amide bonds. The number of benzene rings is 2. The van der Waals surface area contributed by atoms with E-state index in [1.165, 1.54) is 0 Å². The van der Waals surface area contributed by atoms with Gasteiger partial charge in [-0.05, 0) is 61.0 Å². The maximum absolute atomic E-state index is 12.4. The number of hydrogen-bond acceptors (Lipinski definition) is 3. The summed E-state index contributed by atoms with van der Waals surface area (Å²) in [7, 11) is 1.59. The smallest absolute Gasteiger partial charge is 0.291 e. The van der Waals surface area contributed by atoms with Crippen molar-refractivity contribution in [1.82, 2.24) is 0 Å². The molecule has 0 aliphatic rings. The van der Waals surface area contributed by atoms with Crippen LogP contribution in [0.2, 0.25) is 5.02 Å². The summed E-state index contributed by atoms with van der Waals surface area (Å²) in [5, 5.41) is 3.46. The highest BCUT2D eigenvalue weighted by Crippen LogP contribution is 2.25. The first-order chi connectivity index (χ1) is 11.5. The lowest BCUT2D eigenvalue weighted by atomic mass is 10.2. The van der Waals surface area contributed by atoms with E-state index in [1.807, 2.05) is 31.2 Å². The number of anilines is 1. The molecule has 1 aromatic heterocycles. The number of amides is 1. The van der Waals surface area contributed by atoms with E-state index in [1.54, 1.807) is 37.4 Å². The van der Waals surface area contributed by atoms with Crippen LogP contribution in [0, 0.1) is 6.92 Å². The van der Waals surface area contributed by atoms with E-state index < -0.39 is 0 Å². The zero-order chi connectivity index (χ0) is 17.1. The van der Waals surface area contributed by atoms with Crippen molar-refractivity contribution in [1.29, 1.82) is 0 Å². The number of methoxy groups -OCH3 is 1. The van der Waals surface area contributed by atoms with Crippen molar-refractivity contribution in [2.24, 2.45) is 0 Å². The molecule has 2 aromatic carbocycles. The summed E-state index contributed by atoms with van der Waals surface area (Å²) in [6.07, 6.45) is 0. The van der Waals surface area contributed by atoms with Gasteiger partial charge in [-0.3, -0.25) is 4.79 Å². The summed E-state index contributed by atoms with van der Waals surface area (Å²) in [4.78, 5) is 12.4. The summed E-state index contributed by atoms with van der Waals surface area (Å²) in [5.74, 6) is 1.22. The van der Waals surface area contributed by atoms with Crippen molar-refractivity contribution in [2.45, 2.75) is 6.92 Å². The molecule has 1 N–H and O–H groups in total. The van der Waals surface area contributed by atoms with Gasteiger partial charge in [-0.15, -0.1) is 0 Å². The summed E-state index contributed by atoms with van der Waals surface area (Å²) in [6.45, 7) is 1.93. The monoisotopic (exact) mass is 341 g/mol. The zero-order valence-corrected chi connectivity index (χ0v) is 14.1. The lowest BCUT2D eigenvalue weighted by Gasteiger charge is -2.07. The predicted molar refractivity (Wildman–Crippen MR) is 94.8 cm³/mol. The van der Waals surface area contributed by atoms with Crippen LogP contribution in [0.3, 0.4) is 0 Å². The number of aryl methyl sites for hydroxylation is 1. The minimum Gasteiger partial charge on any atom is -0.497 e. The van der Waals surface area contributed by atoms with Gasteiger partial charge in [0.05, 0.1) is 7.11 Å². The SMILES string of the molecule is COc1cc(C)cc(NC(=O)c2ccc(-c3ccc(Cl)cc3)o2)c1. The molecule has 3 aromatic rings. The van der Waals surface area contributed by atoms with Crippen molar-refractivity contribution < 1.29 is 13.9 Å². The van der Waals surface area contributed by atoms with Crippen LogP contribution in [0.4, 0.5) is 5.69 Å². The molecule has 3 rings (SSSR count). The molecule has 0 aliphatic carbocycles. The Labute approximate surface area is 145 Å². The molecule has 0 saturated carbocycles. The van der Waals surface area contributed by atoms with Crippen molar-refractivity contribution in [3.05, 3.63) is 70.9 Å². The van der Waals surface area contributed by atoms with Crippen LogP contribution < -0.4 is 10.1 Å². The Balaban J connectivity index is 1.79. The summed E-state index contributed by atoms with van der Waals surface area (Å²) >= 11 is 5.88. The quantitative estimate of drug-likeness (QED) is 0.712. The molecule has 0 unspecified atom stereocenters. The molecule has 4 nitrogen and oxygen atoms in total. The Morgan fingerprint density at radius 1 is 1.08 bits per heavy atom. The molecule has 0 fully saturated rings. The molecular formula is C19H16ClNO3. The second kappa shape index (κ2) is 6.81. The average Bonchev–Trinajstić information content (AvgIpc) is 3.05. The van der Waals surface area contributed by atoms with Crippen LogP contribution >= 0.6 is 11.6 Å². The molecule has 0 spiro atoms. The molecule has 0 saturated heterocycles. The summed E-state index contributed by atoms with van der Waals surface area (Å²) < 4.78 is 10.9. The van der Waals surface area contributed by atoms with Gasteiger partial charge in [-0.25, -0.2) is 0 Å². The van der Waals surface area contributed by atoms with Gasteiger partial charge in [-0.2, -0.15) is 0 Å². The Bertz CT molecular complexity index is 869. The number of ether oxygens (including phenoxy) is 1. The average molecular weight is 342 g/mol. The molecule has 0 radical (unpaired) electrons. The van der Waals surface area contributed by atoms with Gasteiger partial charge in [0.2, 0.25) is 0 Å². The molecule has 122 valence electrons. The fourth-order valence-corrected chi connectivity index (χ4v) is 2.49. The maximum atomic E-state index is 12.4. The minimum atomic E-state index is -0.317. The van der Waals surface area contributed by atoms with E-state index in [9.17, 15) is 4.79 Å². The lowest BCUT2D eigenvalue weighted by Crippen LogP contribution is -2.11. The standard InChI is InChI=1S/C19H16ClNO3/c1-12-9-15(11-16(10-12)23-2)21-19(22)18-8-7-17(24-18)13-3-5-14(20)6-4-13/h3-11H,1-2H3,(H,21,22). The fourth-order valence-electron chi connectivity index (χ4n) is 2.36. The summed E-state index contributed by atoms with van der Waals surface area (Å²) in [5.41, 5.74) is 2.50. The topological polar surface area (TPSA) is 51.5 Å². The fraction of sp³-hybridized carbons (Fsp3) is 0.105. The number of carbonyl (C=O) groups excluding carboxylic acids is 1. The van der Waals surface area contributed by atoms with E-state index in [0.29, 0.717) is 22.2 Å². The van der Waals surface area contributed by atoms with Crippen molar-refractivity contribution >= 4 is 23.2 Å². The van der Waals surface area contributed by atoms with Crippen LogP contribution in [0.15, 0.2) is 59.0 Å². The van der Waals surface area contributed by atoms with Gasteiger partial charge < -0.3 is 14.5 Å². The van der Waals surface area contributed by atoms with Crippen LogP contribution in [-0.2, 0) is 0 Å². The Morgan fingerprint density at radius 3 is 2.54 bits per heavy atom. The third-order valence-corrected chi connectivity index (χ3v) is 3.75. The second-order valence-electron chi connectivity index (χ2n) is 5.36. The van der Waals surface area contributed by atoms with E-state index >= 15 is 0 Å². The normalized spacial score (nSPS) is 10.5. The van der Waals surface area contributed by atoms with Crippen molar-refractivity contribution in [3.8, 4) is 17.1 Å². The van der Waals surface area contributed by atoms with Gasteiger partial charge >= 0.3 is 0 Å². The largest absolute Gasteiger partial charge is 0.497 e. The van der Waals surface area contributed by atoms with Crippen LogP contribution in [-0.4, -0.2) is 13.0 Å². The third-order valence-electron chi connectivity index (χ3n) is 3.50. The van der Waals surface area contributed by atoms with Crippen LogP contribution in [0.5, 0.6) is 5.75 Å². The maximum Gasteiger partial charge on any atom is 0.291 e. The van der Waals surface area contributed by atoms with E-state index in [4.69, 9.17) is 20.8 Å². The van der Waals surface area contributed by atoms with Gasteiger partial charge in [0.25, 0.3) is 5.91 Å². The summed E-state index contributed by atoms with van der Waals surface area (Å²) in [6, 6.07) is 16.2. The van der Waals surface area contributed by atoms with E-state index in [-0.39, 0.29) is 11.7 Å². The number of halogens is 1. The lowest BCUT2D eigenvalue weighted by molar-refractivity contribution is 0.0997. The Morgan fingerprint density at radius 2 is 1.83 bits per heavy atom. The minimum absolute atomic E-state index is 0.237. The number of furan rings is 1. The molecule has 0 aliphatic heterocycles. The van der Waals surface area contributed by atoms with E-state index in [2.05, 4.69) is 5.32 Å². The highest BCUT2D eigenvalue weighted by molar-refractivity contribution is 6.30. The Hall–Kier alpha value is -2.72. The zero-order valence-electron chi connectivity index (χ0n) is 13.3. The van der Waals surface area contributed by atoms with Crippen LogP contribution in [0.1, 0.15) is 16.1 Å². The van der Waals surface area contributed by atoms with Gasteiger partial charge in [0.15, 0.2) is 5.76 Å². The third kappa shape index (κ3) is 3.60. The second-order valence-corrected chi connectivity index (χ2v) is 5.80. The van der Waals surface area contributed by atoms with Crippen molar-refractivity contribution in [3.63, 3.8) is 0 Å². The number of rotatable bonds is 4. The highest BCUT2D eigenvalue weighted by Gasteiger charge is 2.13.